The van der Waals surface area contributed by atoms with Crippen LogP contribution in [0.2, 0.25) is 0 Å². The van der Waals surface area contributed by atoms with Gasteiger partial charge in [0.2, 0.25) is 5.91 Å². The summed E-state index contributed by atoms with van der Waals surface area (Å²) in [7, 11) is 1.64. The van der Waals surface area contributed by atoms with Crippen molar-refractivity contribution >= 4 is 11.9 Å². The number of benzene rings is 1. The third-order valence-corrected chi connectivity index (χ3v) is 6.20. The molecule has 2 bridgehead atoms. The van der Waals surface area contributed by atoms with Crippen molar-refractivity contribution in [3.05, 3.63) is 42.0 Å². The first-order valence-electron chi connectivity index (χ1n) is 8.87. The van der Waals surface area contributed by atoms with Crippen molar-refractivity contribution in [2.75, 3.05) is 13.7 Å². The van der Waals surface area contributed by atoms with Gasteiger partial charge in [-0.3, -0.25) is 9.59 Å². The third kappa shape index (κ3) is 2.71. The number of carboxylic acids is 1. The highest BCUT2D eigenvalue weighted by Gasteiger charge is 2.52. The molecule has 2 saturated carbocycles. The van der Waals surface area contributed by atoms with Crippen molar-refractivity contribution in [1.29, 1.82) is 0 Å². The molecule has 4 atom stereocenters. The number of hydrogen-bond donors (Lipinski definition) is 2. The van der Waals surface area contributed by atoms with Gasteiger partial charge in [-0.1, -0.05) is 24.3 Å². The maximum atomic E-state index is 12.7. The third-order valence-electron chi connectivity index (χ3n) is 6.20. The lowest BCUT2D eigenvalue weighted by Gasteiger charge is -2.25. The Balaban J connectivity index is 1.43. The van der Waals surface area contributed by atoms with Crippen molar-refractivity contribution in [2.24, 2.45) is 23.7 Å². The molecule has 3 aliphatic carbocycles. The van der Waals surface area contributed by atoms with Crippen LogP contribution in [-0.4, -0.2) is 30.6 Å². The van der Waals surface area contributed by atoms with Crippen LogP contribution in [-0.2, 0) is 15.0 Å². The molecule has 1 aromatic rings. The van der Waals surface area contributed by atoms with E-state index in [1.54, 1.807) is 7.11 Å². The number of carbonyl (C=O) groups is 2. The monoisotopic (exact) mass is 341 g/mol. The van der Waals surface area contributed by atoms with Crippen LogP contribution >= 0.6 is 0 Å². The fourth-order valence-corrected chi connectivity index (χ4v) is 4.55. The van der Waals surface area contributed by atoms with E-state index in [1.807, 2.05) is 24.3 Å². The highest BCUT2D eigenvalue weighted by atomic mass is 16.5. The minimum atomic E-state index is -0.853. The molecule has 1 amide bonds. The van der Waals surface area contributed by atoms with Crippen molar-refractivity contribution in [2.45, 2.75) is 24.7 Å². The zero-order chi connectivity index (χ0) is 17.6. The highest BCUT2D eigenvalue weighted by molar-refractivity contribution is 5.87. The van der Waals surface area contributed by atoms with Crippen LogP contribution in [0, 0.1) is 23.7 Å². The number of nitrogens with one attached hydrogen (secondary N) is 1. The van der Waals surface area contributed by atoms with E-state index in [-0.39, 0.29) is 23.2 Å². The Morgan fingerprint density at radius 2 is 1.80 bits per heavy atom. The van der Waals surface area contributed by atoms with Crippen molar-refractivity contribution < 1.29 is 19.4 Å². The molecule has 0 spiro atoms. The van der Waals surface area contributed by atoms with E-state index in [2.05, 4.69) is 17.4 Å². The molecule has 0 aliphatic heterocycles. The highest BCUT2D eigenvalue weighted by Crippen LogP contribution is 2.50. The zero-order valence-corrected chi connectivity index (χ0v) is 14.3. The molecular weight excluding hydrogens is 318 g/mol. The summed E-state index contributed by atoms with van der Waals surface area (Å²) < 4.78 is 5.20. The van der Waals surface area contributed by atoms with Crippen LogP contribution < -0.4 is 10.1 Å². The predicted molar refractivity (Wildman–Crippen MR) is 92.3 cm³/mol. The Labute approximate surface area is 147 Å². The van der Waals surface area contributed by atoms with Gasteiger partial charge in [-0.05, 0) is 48.8 Å². The molecule has 5 heteroatoms. The van der Waals surface area contributed by atoms with Gasteiger partial charge in [0.25, 0.3) is 0 Å². The van der Waals surface area contributed by atoms with Gasteiger partial charge in [0.15, 0.2) is 0 Å². The molecule has 0 saturated heterocycles. The molecule has 0 radical (unpaired) electrons. The summed E-state index contributed by atoms with van der Waals surface area (Å²) in [5.74, 6) is -1.07. The van der Waals surface area contributed by atoms with Crippen LogP contribution in [0.5, 0.6) is 5.75 Å². The van der Waals surface area contributed by atoms with Gasteiger partial charge in [0.05, 0.1) is 18.9 Å². The Kier molecular flexibility index (Phi) is 3.82. The number of fused-ring (bicyclic) bond motifs is 2. The first-order valence-corrected chi connectivity index (χ1v) is 8.87. The van der Waals surface area contributed by atoms with Crippen LogP contribution in [0.3, 0.4) is 0 Å². The molecule has 2 N–H and O–H groups in total. The van der Waals surface area contributed by atoms with Gasteiger partial charge >= 0.3 is 5.97 Å². The average Bonchev–Trinajstić information content (AvgIpc) is 3.13. The lowest BCUT2D eigenvalue weighted by molar-refractivity contribution is -0.147. The van der Waals surface area contributed by atoms with E-state index in [0.29, 0.717) is 6.54 Å². The van der Waals surface area contributed by atoms with Gasteiger partial charge in [0, 0.05) is 12.0 Å². The number of carbonyl (C=O) groups excluding carboxylic acids is 1. The van der Waals surface area contributed by atoms with Gasteiger partial charge in [-0.25, -0.2) is 0 Å². The fourth-order valence-electron chi connectivity index (χ4n) is 4.55. The second-order valence-corrected chi connectivity index (χ2v) is 7.56. The number of allylic oxidation sites excluding steroid dienone is 2. The number of amides is 1. The normalized spacial score (nSPS) is 30.9. The smallest absolute Gasteiger partial charge is 0.307 e. The standard InChI is InChI=1S/C20H23NO4/c1-25-15-6-4-14(5-7-15)20(8-9-20)11-21-18(22)16-12-2-3-13(10-12)17(16)19(23)24/h2-7,12-13,16-17H,8-11H2,1H3,(H,21,22)(H,23,24). The summed E-state index contributed by atoms with van der Waals surface area (Å²) in [6, 6.07) is 7.99. The number of methoxy groups -OCH3 is 1. The Hall–Kier alpha value is -2.30. The van der Waals surface area contributed by atoms with E-state index >= 15 is 0 Å². The van der Waals surface area contributed by atoms with Crippen molar-refractivity contribution in [3.63, 3.8) is 0 Å². The fraction of sp³-hybridized carbons (Fsp3) is 0.500. The predicted octanol–water partition coefficient (Wildman–Crippen LogP) is 2.37. The molecular formula is C20H23NO4. The molecule has 0 heterocycles. The zero-order valence-electron chi connectivity index (χ0n) is 14.3. The van der Waals surface area contributed by atoms with Gasteiger partial charge in [-0.15, -0.1) is 0 Å². The Morgan fingerprint density at radius 1 is 1.16 bits per heavy atom. The Morgan fingerprint density at radius 3 is 2.36 bits per heavy atom. The lowest BCUT2D eigenvalue weighted by atomic mass is 9.82. The number of ether oxygens (including phenoxy) is 1. The van der Waals surface area contributed by atoms with Crippen LogP contribution in [0.4, 0.5) is 0 Å². The summed E-state index contributed by atoms with van der Waals surface area (Å²) in [4.78, 5) is 24.3. The Bertz CT molecular complexity index is 720. The van der Waals surface area contributed by atoms with Gasteiger partial charge in [-0.2, -0.15) is 0 Å². The maximum Gasteiger partial charge on any atom is 0.307 e. The van der Waals surface area contributed by atoms with E-state index in [1.165, 1.54) is 5.56 Å². The number of aliphatic carboxylic acids is 1. The van der Waals surface area contributed by atoms with E-state index in [4.69, 9.17) is 4.74 Å². The largest absolute Gasteiger partial charge is 0.497 e. The summed E-state index contributed by atoms with van der Waals surface area (Å²) >= 11 is 0. The molecule has 0 aromatic heterocycles. The molecule has 132 valence electrons. The SMILES string of the molecule is COc1ccc(C2(CNC(=O)C3C4C=CC(C4)C3C(=O)O)CC2)cc1. The number of rotatable bonds is 6. The minimum absolute atomic E-state index is 0.00584. The average molecular weight is 341 g/mol. The second kappa shape index (κ2) is 5.90. The molecule has 25 heavy (non-hydrogen) atoms. The summed E-state index contributed by atoms with van der Waals surface area (Å²) in [6.07, 6.45) is 6.85. The first-order chi connectivity index (χ1) is 12.0. The summed E-state index contributed by atoms with van der Waals surface area (Å²) in [5.41, 5.74) is 1.20. The van der Waals surface area contributed by atoms with Crippen molar-refractivity contribution in [1.82, 2.24) is 5.32 Å². The van der Waals surface area contributed by atoms with Gasteiger partial charge in [0.1, 0.15) is 5.75 Å². The van der Waals surface area contributed by atoms with E-state index in [9.17, 15) is 14.7 Å². The number of carboxylic acid groups (broad SMARTS) is 1. The summed E-state index contributed by atoms with van der Waals surface area (Å²) in [5, 5.41) is 12.6. The summed E-state index contributed by atoms with van der Waals surface area (Å²) in [6.45, 7) is 0.572. The lowest BCUT2D eigenvalue weighted by Crippen LogP contribution is -2.42. The molecule has 4 rings (SSSR count). The quantitative estimate of drug-likeness (QED) is 0.779. The minimum Gasteiger partial charge on any atom is -0.497 e. The molecule has 5 nitrogen and oxygen atoms in total. The molecule has 3 aliphatic rings. The first kappa shape index (κ1) is 16.2. The van der Waals surface area contributed by atoms with Crippen LogP contribution in [0.1, 0.15) is 24.8 Å². The molecule has 4 unspecified atom stereocenters. The number of hydrogen-bond acceptors (Lipinski definition) is 3. The van der Waals surface area contributed by atoms with E-state index in [0.717, 1.165) is 25.0 Å². The molecule has 2 fully saturated rings. The van der Waals surface area contributed by atoms with E-state index < -0.39 is 17.8 Å². The topological polar surface area (TPSA) is 75.6 Å². The second-order valence-electron chi connectivity index (χ2n) is 7.56. The van der Waals surface area contributed by atoms with Gasteiger partial charge < -0.3 is 15.2 Å². The van der Waals surface area contributed by atoms with Crippen LogP contribution in [0.15, 0.2) is 36.4 Å². The maximum absolute atomic E-state index is 12.7. The molecule has 1 aromatic carbocycles. The van der Waals surface area contributed by atoms with Crippen LogP contribution in [0.25, 0.3) is 0 Å². The van der Waals surface area contributed by atoms with Crippen molar-refractivity contribution in [3.8, 4) is 5.75 Å².